The Balaban J connectivity index is 2.24. The average Bonchev–Trinajstić information content (AvgIpc) is 2.57. The monoisotopic (exact) mass is 312 g/mol. The topological polar surface area (TPSA) is 75.7 Å². The zero-order chi connectivity index (χ0) is 15.5. The highest BCUT2D eigenvalue weighted by Gasteiger charge is 2.22. The molecular formula is C14H20N2O4S. The normalized spacial score (nSPS) is 15.1. The van der Waals surface area contributed by atoms with Crippen molar-refractivity contribution >= 4 is 21.6 Å². The van der Waals surface area contributed by atoms with Gasteiger partial charge in [0.15, 0.2) is 0 Å². The molecule has 0 atom stereocenters. The molecule has 1 aliphatic heterocycles. The molecule has 0 aliphatic carbocycles. The van der Waals surface area contributed by atoms with E-state index in [1.807, 2.05) is 6.92 Å². The van der Waals surface area contributed by atoms with Gasteiger partial charge in [-0.15, -0.1) is 0 Å². The maximum atomic E-state index is 12.2. The molecule has 1 aromatic rings. The molecule has 0 unspecified atom stereocenters. The Morgan fingerprint density at radius 3 is 2.86 bits per heavy atom. The summed E-state index contributed by atoms with van der Waals surface area (Å²) in [5, 5.41) is 0. The molecule has 6 nitrogen and oxygen atoms in total. The molecule has 0 radical (unpaired) electrons. The Morgan fingerprint density at radius 1 is 1.38 bits per heavy atom. The number of rotatable bonds is 5. The third-order valence-electron chi connectivity index (χ3n) is 3.28. The van der Waals surface area contributed by atoms with E-state index >= 15 is 0 Å². The number of unbranched alkanes of at least 4 members (excludes halogenated alkanes) is 1. The molecule has 2 rings (SSSR count). The predicted octanol–water partition coefficient (Wildman–Crippen LogP) is 1.69. The van der Waals surface area contributed by atoms with Crippen molar-refractivity contribution in [3.63, 3.8) is 0 Å². The summed E-state index contributed by atoms with van der Waals surface area (Å²) in [4.78, 5) is 13.8. The standard InChI is InChI=1S/C14H20N2O4S/c1-3-4-9-21(18,19)15-11-5-6-13-12(10-11)14(17)16(2)7-8-20-13/h5-6,10,15H,3-4,7-9H2,1-2H3. The van der Waals surface area contributed by atoms with Crippen molar-refractivity contribution < 1.29 is 17.9 Å². The van der Waals surface area contributed by atoms with Crippen LogP contribution in [0.25, 0.3) is 0 Å². The SMILES string of the molecule is CCCCS(=O)(=O)Nc1ccc2c(c1)C(=O)N(C)CCO2. The van der Waals surface area contributed by atoms with Crippen molar-refractivity contribution in [2.45, 2.75) is 19.8 Å². The number of sulfonamides is 1. The van der Waals surface area contributed by atoms with E-state index < -0.39 is 10.0 Å². The maximum Gasteiger partial charge on any atom is 0.257 e. The molecule has 116 valence electrons. The number of benzene rings is 1. The Bertz CT molecular complexity index is 628. The van der Waals surface area contributed by atoms with Gasteiger partial charge in [-0.25, -0.2) is 8.42 Å². The molecular weight excluding hydrogens is 292 g/mol. The van der Waals surface area contributed by atoms with Crippen molar-refractivity contribution in [1.82, 2.24) is 4.90 Å². The van der Waals surface area contributed by atoms with Gasteiger partial charge in [0.1, 0.15) is 12.4 Å². The van der Waals surface area contributed by atoms with Gasteiger partial charge in [0, 0.05) is 12.7 Å². The van der Waals surface area contributed by atoms with Crippen LogP contribution in [0.2, 0.25) is 0 Å². The van der Waals surface area contributed by atoms with Gasteiger partial charge in [-0.2, -0.15) is 0 Å². The Morgan fingerprint density at radius 2 is 2.14 bits per heavy atom. The van der Waals surface area contributed by atoms with Crippen molar-refractivity contribution in [1.29, 1.82) is 0 Å². The first-order chi connectivity index (χ1) is 9.93. The smallest absolute Gasteiger partial charge is 0.257 e. The lowest BCUT2D eigenvalue weighted by atomic mass is 10.1. The summed E-state index contributed by atoms with van der Waals surface area (Å²) >= 11 is 0. The highest BCUT2D eigenvalue weighted by molar-refractivity contribution is 7.92. The number of likely N-dealkylation sites (N-methyl/N-ethyl adjacent to an activating group) is 1. The summed E-state index contributed by atoms with van der Waals surface area (Å²) in [6.07, 6.45) is 1.41. The van der Waals surface area contributed by atoms with Crippen LogP contribution in [0, 0.1) is 0 Å². The third-order valence-corrected chi connectivity index (χ3v) is 4.65. The molecule has 0 spiro atoms. The minimum Gasteiger partial charge on any atom is -0.491 e. The van der Waals surface area contributed by atoms with Crippen LogP contribution < -0.4 is 9.46 Å². The van der Waals surface area contributed by atoms with Crippen LogP contribution >= 0.6 is 0 Å². The fraction of sp³-hybridized carbons (Fsp3) is 0.500. The van der Waals surface area contributed by atoms with Gasteiger partial charge < -0.3 is 9.64 Å². The molecule has 0 fully saturated rings. The summed E-state index contributed by atoms with van der Waals surface area (Å²) in [6.45, 7) is 2.87. The first-order valence-electron chi connectivity index (χ1n) is 6.96. The van der Waals surface area contributed by atoms with Crippen molar-refractivity contribution in [2.24, 2.45) is 0 Å². The maximum absolute atomic E-state index is 12.2. The highest BCUT2D eigenvalue weighted by atomic mass is 32.2. The van der Waals surface area contributed by atoms with Crippen LogP contribution in [-0.2, 0) is 10.0 Å². The van der Waals surface area contributed by atoms with E-state index in [-0.39, 0.29) is 11.7 Å². The second-order valence-corrected chi connectivity index (χ2v) is 6.90. The molecule has 0 bridgehead atoms. The first-order valence-corrected chi connectivity index (χ1v) is 8.61. The minimum atomic E-state index is -3.38. The number of nitrogens with one attached hydrogen (secondary N) is 1. The molecule has 0 saturated heterocycles. The van der Waals surface area contributed by atoms with E-state index in [0.717, 1.165) is 6.42 Å². The molecule has 21 heavy (non-hydrogen) atoms. The number of ether oxygens (including phenoxy) is 1. The van der Waals surface area contributed by atoms with Crippen molar-refractivity contribution in [2.75, 3.05) is 30.7 Å². The van der Waals surface area contributed by atoms with Crippen LogP contribution in [0.1, 0.15) is 30.1 Å². The third kappa shape index (κ3) is 3.87. The van der Waals surface area contributed by atoms with Gasteiger partial charge in [0.25, 0.3) is 5.91 Å². The van der Waals surface area contributed by atoms with Crippen molar-refractivity contribution in [3.8, 4) is 5.75 Å². The minimum absolute atomic E-state index is 0.0743. The lowest BCUT2D eigenvalue weighted by Gasteiger charge is -2.13. The number of carbonyl (C=O) groups is 1. The molecule has 1 N–H and O–H groups in total. The van der Waals surface area contributed by atoms with Crippen LogP contribution in [0.5, 0.6) is 5.75 Å². The van der Waals surface area contributed by atoms with Crippen LogP contribution in [-0.4, -0.2) is 45.2 Å². The second-order valence-electron chi connectivity index (χ2n) is 5.06. The molecule has 1 heterocycles. The zero-order valence-corrected chi connectivity index (χ0v) is 13.1. The summed E-state index contributed by atoms with van der Waals surface area (Å²) in [5.74, 6) is 0.392. The summed E-state index contributed by atoms with van der Waals surface area (Å²) in [7, 11) is -1.69. The quantitative estimate of drug-likeness (QED) is 0.898. The largest absolute Gasteiger partial charge is 0.491 e. The summed E-state index contributed by atoms with van der Waals surface area (Å²) < 4.78 is 31.8. The lowest BCUT2D eigenvalue weighted by Crippen LogP contribution is -2.27. The molecule has 1 aromatic carbocycles. The number of nitrogens with zero attached hydrogens (tertiary/aromatic N) is 1. The number of amides is 1. The molecule has 1 aliphatic rings. The van der Waals surface area contributed by atoms with E-state index in [9.17, 15) is 13.2 Å². The van der Waals surface area contributed by atoms with Gasteiger partial charge in [-0.05, 0) is 24.6 Å². The predicted molar refractivity (Wildman–Crippen MR) is 81.2 cm³/mol. The molecule has 0 aromatic heterocycles. The molecule has 7 heteroatoms. The Labute approximate surface area is 125 Å². The van der Waals surface area contributed by atoms with E-state index in [4.69, 9.17) is 4.74 Å². The van der Waals surface area contributed by atoms with Crippen LogP contribution in [0.4, 0.5) is 5.69 Å². The van der Waals surface area contributed by atoms with Gasteiger partial charge in [-0.3, -0.25) is 9.52 Å². The van der Waals surface area contributed by atoms with Crippen LogP contribution in [0.3, 0.4) is 0 Å². The molecule has 0 saturated carbocycles. The average molecular weight is 312 g/mol. The van der Waals surface area contributed by atoms with Crippen molar-refractivity contribution in [3.05, 3.63) is 23.8 Å². The number of hydrogen-bond acceptors (Lipinski definition) is 4. The van der Waals surface area contributed by atoms with Gasteiger partial charge in [-0.1, -0.05) is 13.3 Å². The number of carbonyl (C=O) groups excluding carboxylic acids is 1. The second kappa shape index (κ2) is 6.34. The fourth-order valence-electron chi connectivity index (χ4n) is 2.05. The highest BCUT2D eigenvalue weighted by Crippen LogP contribution is 2.26. The summed E-state index contributed by atoms with van der Waals surface area (Å²) in [6, 6.07) is 4.77. The number of anilines is 1. The number of hydrogen-bond donors (Lipinski definition) is 1. The van der Waals surface area contributed by atoms with E-state index in [0.29, 0.717) is 36.6 Å². The van der Waals surface area contributed by atoms with E-state index in [2.05, 4.69) is 4.72 Å². The first kappa shape index (κ1) is 15.6. The Kier molecular flexibility index (Phi) is 4.72. The van der Waals surface area contributed by atoms with Gasteiger partial charge in [0.05, 0.1) is 17.9 Å². The van der Waals surface area contributed by atoms with Gasteiger partial charge >= 0.3 is 0 Å². The fourth-order valence-corrected chi connectivity index (χ4v) is 3.31. The number of fused-ring (bicyclic) bond motifs is 1. The lowest BCUT2D eigenvalue weighted by molar-refractivity contribution is 0.0797. The Hall–Kier alpha value is -1.76. The zero-order valence-electron chi connectivity index (χ0n) is 12.3. The summed E-state index contributed by atoms with van der Waals surface area (Å²) in [5.41, 5.74) is 0.766. The van der Waals surface area contributed by atoms with Gasteiger partial charge in [0.2, 0.25) is 10.0 Å². The van der Waals surface area contributed by atoms with Crippen LogP contribution in [0.15, 0.2) is 18.2 Å². The van der Waals surface area contributed by atoms with E-state index in [1.165, 1.54) is 6.07 Å². The van der Waals surface area contributed by atoms with E-state index in [1.54, 1.807) is 24.1 Å². The molecule has 1 amide bonds.